The van der Waals surface area contributed by atoms with Gasteiger partial charge in [0.1, 0.15) is 6.04 Å². The molecule has 178 valence electrons. The van der Waals surface area contributed by atoms with Crippen LogP contribution in [0.25, 0.3) is 10.9 Å². The molecule has 2 N–H and O–H groups in total. The van der Waals surface area contributed by atoms with Crippen LogP contribution in [0.15, 0.2) is 90.2 Å². The van der Waals surface area contributed by atoms with E-state index in [9.17, 15) is 9.59 Å². The van der Waals surface area contributed by atoms with Gasteiger partial charge in [0.15, 0.2) is 0 Å². The fraction of sp³-hybridized carbons (Fsp3) is 0.179. The third-order valence-electron chi connectivity index (χ3n) is 5.74. The van der Waals surface area contributed by atoms with E-state index in [4.69, 9.17) is 11.6 Å². The molecule has 1 aromatic heterocycles. The minimum Gasteiger partial charge on any atom is -0.342 e. The highest BCUT2D eigenvalue weighted by atomic mass is 35.5. The van der Waals surface area contributed by atoms with Crippen molar-refractivity contribution >= 4 is 40.5 Å². The van der Waals surface area contributed by atoms with Crippen molar-refractivity contribution < 1.29 is 9.59 Å². The highest BCUT2D eigenvalue weighted by molar-refractivity contribution is 6.30. The third-order valence-corrected chi connectivity index (χ3v) is 5.99. The van der Waals surface area contributed by atoms with Crippen LogP contribution >= 0.6 is 11.6 Å². The number of rotatable bonds is 8. The predicted octanol–water partition coefficient (Wildman–Crippen LogP) is 5.25. The number of hydrogen-bond acceptors (Lipinski definition) is 3. The summed E-state index contributed by atoms with van der Waals surface area (Å²) < 4.78 is 2.16. The molecule has 7 heteroatoms. The Morgan fingerprint density at radius 2 is 1.66 bits per heavy atom. The summed E-state index contributed by atoms with van der Waals surface area (Å²) in [5, 5.41) is 8.57. The number of halogens is 1. The zero-order valence-electron chi connectivity index (χ0n) is 19.6. The molecule has 0 bridgehead atoms. The fourth-order valence-electron chi connectivity index (χ4n) is 3.88. The first-order chi connectivity index (χ1) is 16.9. The lowest BCUT2D eigenvalue weighted by atomic mass is 10.0. The van der Waals surface area contributed by atoms with E-state index in [0.29, 0.717) is 10.6 Å². The van der Waals surface area contributed by atoms with Crippen LogP contribution in [0.2, 0.25) is 5.02 Å². The smallest absolute Gasteiger partial charge is 0.262 e. The summed E-state index contributed by atoms with van der Waals surface area (Å²) in [5.74, 6) is -0.857. The quantitative estimate of drug-likeness (QED) is 0.264. The summed E-state index contributed by atoms with van der Waals surface area (Å²) in [6.45, 7) is 4.47. The average Bonchev–Trinajstić information content (AvgIpc) is 3.20. The van der Waals surface area contributed by atoms with Gasteiger partial charge in [0.2, 0.25) is 0 Å². The second kappa shape index (κ2) is 11.0. The first-order valence-electron chi connectivity index (χ1n) is 11.4. The normalized spacial score (nSPS) is 12.2. The van der Waals surface area contributed by atoms with Gasteiger partial charge in [0.25, 0.3) is 11.8 Å². The van der Waals surface area contributed by atoms with Crippen molar-refractivity contribution in [2.24, 2.45) is 11.0 Å². The molecular formula is C28H27ClN4O2. The van der Waals surface area contributed by atoms with Crippen LogP contribution in [0.1, 0.15) is 35.3 Å². The highest BCUT2D eigenvalue weighted by Crippen LogP contribution is 2.21. The molecule has 3 aromatic carbocycles. The molecule has 0 fully saturated rings. The lowest BCUT2D eigenvalue weighted by Gasteiger charge is -2.20. The highest BCUT2D eigenvalue weighted by Gasteiger charge is 2.24. The van der Waals surface area contributed by atoms with Crippen LogP contribution in [0, 0.1) is 5.92 Å². The van der Waals surface area contributed by atoms with Crippen LogP contribution in [0.5, 0.6) is 0 Å². The lowest BCUT2D eigenvalue weighted by molar-refractivity contribution is -0.123. The zero-order valence-corrected chi connectivity index (χ0v) is 20.4. The van der Waals surface area contributed by atoms with Gasteiger partial charge < -0.3 is 9.88 Å². The number of hydrogen-bond donors (Lipinski definition) is 2. The number of fused-ring (bicyclic) bond motifs is 1. The fourth-order valence-corrected chi connectivity index (χ4v) is 4.01. The summed E-state index contributed by atoms with van der Waals surface area (Å²) in [5.41, 5.74) is 6.19. The van der Waals surface area contributed by atoms with Gasteiger partial charge in [0.05, 0.1) is 6.21 Å². The lowest BCUT2D eigenvalue weighted by Crippen LogP contribution is -2.48. The molecule has 0 aliphatic heterocycles. The minimum atomic E-state index is -0.741. The summed E-state index contributed by atoms with van der Waals surface area (Å²) in [7, 11) is 0. The number of carbonyl (C=O) groups is 2. The maximum absolute atomic E-state index is 12.8. The Morgan fingerprint density at radius 1 is 0.971 bits per heavy atom. The van der Waals surface area contributed by atoms with E-state index in [2.05, 4.69) is 38.6 Å². The topological polar surface area (TPSA) is 75.5 Å². The van der Waals surface area contributed by atoms with Gasteiger partial charge >= 0.3 is 0 Å². The Bertz CT molecular complexity index is 1340. The molecule has 4 rings (SSSR count). The molecule has 1 heterocycles. The Kier molecular flexibility index (Phi) is 7.63. The van der Waals surface area contributed by atoms with Gasteiger partial charge in [-0.25, -0.2) is 5.43 Å². The monoisotopic (exact) mass is 486 g/mol. The van der Waals surface area contributed by atoms with Crippen molar-refractivity contribution in [1.82, 2.24) is 15.3 Å². The molecule has 1 atom stereocenters. The molecule has 0 saturated heterocycles. The minimum absolute atomic E-state index is 0.130. The molecule has 4 aromatic rings. The molecule has 0 saturated carbocycles. The maximum atomic E-state index is 12.8. The van der Waals surface area contributed by atoms with Gasteiger partial charge in [-0.3, -0.25) is 9.59 Å². The number of benzene rings is 3. The largest absolute Gasteiger partial charge is 0.342 e. The van der Waals surface area contributed by atoms with Gasteiger partial charge in [-0.2, -0.15) is 5.10 Å². The van der Waals surface area contributed by atoms with E-state index in [1.807, 2.05) is 56.4 Å². The summed E-state index contributed by atoms with van der Waals surface area (Å²) >= 11 is 5.90. The van der Waals surface area contributed by atoms with Gasteiger partial charge in [0, 0.05) is 39.8 Å². The van der Waals surface area contributed by atoms with Gasteiger partial charge in [-0.15, -0.1) is 0 Å². The van der Waals surface area contributed by atoms with E-state index in [-0.39, 0.29) is 17.7 Å². The van der Waals surface area contributed by atoms with Gasteiger partial charge in [-0.05, 0) is 41.8 Å². The molecule has 35 heavy (non-hydrogen) atoms. The van der Waals surface area contributed by atoms with Crippen LogP contribution < -0.4 is 10.7 Å². The standard InChI is InChI=1S/C28H27ClN4O2/c1-19(2)26(31-27(34)21-12-14-23(29)15-13-21)28(35)32-30-16-22-18-33(17-20-8-4-3-5-9-20)25-11-7-6-10-24(22)25/h3-16,18-19,26H,17H2,1-2H3,(H,31,34)(H,32,35). The van der Waals surface area contributed by atoms with Crippen LogP contribution in [0.3, 0.4) is 0 Å². The number of para-hydroxylation sites is 1. The molecule has 2 amide bonds. The molecule has 1 unspecified atom stereocenters. The number of carbonyl (C=O) groups excluding carboxylic acids is 2. The number of hydrazone groups is 1. The predicted molar refractivity (Wildman–Crippen MR) is 141 cm³/mol. The van der Waals surface area contributed by atoms with Crippen molar-refractivity contribution in [2.45, 2.75) is 26.4 Å². The number of nitrogens with zero attached hydrogens (tertiary/aromatic N) is 2. The zero-order chi connectivity index (χ0) is 24.8. The van der Waals surface area contributed by atoms with Crippen molar-refractivity contribution in [3.05, 3.63) is 107 Å². The molecular weight excluding hydrogens is 460 g/mol. The molecule has 0 aliphatic rings. The second-order valence-electron chi connectivity index (χ2n) is 8.65. The third kappa shape index (κ3) is 5.97. The second-order valence-corrected chi connectivity index (χ2v) is 9.09. The number of amides is 2. The van der Waals surface area contributed by atoms with E-state index >= 15 is 0 Å². The first kappa shape index (κ1) is 24.2. The van der Waals surface area contributed by atoms with E-state index in [1.165, 1.54) is 5.56 Å². The Morgan fingerprint density at radius 3 is 2.37 bits per heavy atom. The first-order valence-corrected chi connectivity index (χ1v) is 11.8. The van der Waals surface area contributed by atoms with Crippen molar-refractivity contribution in [3.63, 3.8) is 0 Å². The SMILES string of the molecule is CC(C)C(NC(=O)c1ccc(Cl)cc1)C(=O)NN=Cc1cn(Cc2ccccc2)c2ccccc12. The summed E-state index contributed by atoms with van der Waals surface area (Å²) in [6, 6.07) is 24.1. The van der Waals surface area contributed by atoms with Crippen molar-refractivity contribution in [2.75, 3.05) is 0 Å². The van der Waals surface area contributed by atoms with Crippen LogP contribution in [-0.4, -0.2) is 28.6 Å². The average molecular weight is 487 g/mol. The molecule has 0 aliphatic carbocycles. The molecule has 0 radical (unpaired) electrons. The Hall–Kier alpha value is -3.90. The Balaban J connectivity index is 1.47. The Labute approximate surface area is 209 Å². The molecule has 0 spiro atoms. The molecule has 6 nitrogen and oxygen atoms in total. The maximum Gasteiger partial charge on any atom is 0.262 e. The van der Waals surface area contributed by atoms with Crippen molar-refractivity contribution in [3.8, 4) is 0 Å². The van der Waals surface area contributed by atoms with Crippen LogP contribution in [0.4, 0.5) is 0 Å². The summed E-state index contributed by atoms with van der Waals surface area (Å²) in [6.07, 6.45) is 3.66. The van der Waals surface area contributed by atoms with E-state index in [1.54, 1.807) is 30.5 Å². The van der Waals surface area contributed by atoms with Crippen LogP contribution in [-0.2, 0) is 11.3 Å². The number of aromatic nitrogens is 1. The van der Waals surface area contributed by atoms with E-state index < -0.39 is 6.04 Å². The van der Waals surface area contributed by atoms with Crippen molar-refractivity contribution in [1.29, 1.82) is 0 Å². The van der Waals surface area contributed by atoms with Gasteiger partial charge in [-0.1, -0.05) is 74.0 Å². The van der Waals surface area contributed by atoms with E-state index in [0.717, 1.165) is 23.0 Å². The summed E-state index contributed by atoms with van der Waals surface area (Å²) in [4.78, 5) is 25.4. The number of nitrogens with one attached hydrogen (secondary N) is 2.